The number of para-hydroxylation sites is 1. The van der Waals surface area contributed by atoms with Crippen LogP contribution in [0.4, 0.5) is 0 Å². The Bertz CT molecular complexity index is 1510. The third kappa shape index (κ3) is 4.99. The van der Waals surface area contributed by atoms with Crippen molar-refractivity contribution in [3.8, 4) is 11.5 Å². The molecular weight excluding hydrogens is 490 g/mol. The fourth-order valence-corrected chi connectivity index (χ4v) is 4.81. The van der Waals surface area contributed by atoms with Crippen molar-refractivity contribution < 1.29 is 18.7 Å². The summed E-state index contributed by atoms with van der Waals surface area (Å²) in [5.74, 6) is 1.06. The summed E-state index contributed by atoms with van der Waals surface area (Å²) >= 11 is 6.34. The van der Waals surface area contributed by atoms with Gasteiger partial charge >= 0.3 is 0 Å². The molecule has 0 saturated carbocycles. The summed E-state index contributed by atoms with van der Waals surface area (Å²) in [6.07, 6.45) is 0.711. The minimum absolute atomic E-state index is 0.0726. The average molecular weight is 518 g/mol. The van der Waals surface area contributed by atoms with Crippen LogP contribution in [0.1, 0.15) is 53.6 Å². The first-order chi connectivity index (χ1) is 17.8. The van der Waals surface area contributed by atoms with Gasteiger partial charge in [-0.05, 0) is 74.7 Å². The zero-order valence-corrected chi connectivity index (χ0v) is 21.7. The molecule has 1 aliphatic heterocycles. The van der Waals surface area contributed by atoms with Crippen LogP contribution in [-0.2, 0) is 4.74 Å². The second-order valence-corrected chi connectivity index (χ2v) is 9.84. The van der Waals surface area contributed by atoms with E-state index in [9.17, 15) is 9.59 Å². The van der Waals surface area contributed by atoms with Crippen LogP contribution in [0, 0.1) is 6.92 Å². The van der Waals surface area contributed by atoms with E-state index in [4.69, 9.17) is 25.5 Å². The molecule has 1 aromatic heterocycles. The van der Waals surface area contributed by atoms with Gasteiger partial charge in [0.1, 0.15) is 17.1 Å². The van der Waals surface area contributed by atoms with Gasteiger partial charge in [0.05, 0.1) is 23.1 Å². The van der Waals surface area contributed by atoms with Crippen molar-refractivity contribution in [3.05, 3.63) is 104 Å². The Morgan fingerprint density at radius 3 is 2.51 bits per heavy atom. The minimum atomic E-state index is -0.624. The Labute approximate surface area is 220 Å². The van der Waals surface area contributed by atoms with Gasteiger partial charge in [0.25, 0.3) is 5.91 Å². The molecular formula is C30H28ClNO5. The van der Waals surface area contributed by atoms with Gasteiger partial charge in [0.15, 0.2) is 5.43 Å². The van der Waals surface area contributed by atoms with E-state index < -0.39 is 6.04 Å². The molecule has 37 heavy (non-hydrogen) atoms. The van der Waals surface area contributed by atoms with Crippen LogP contribution in [0.2, 0.25) is 5.02 Å². The fourth-order valence-electron chi connectivity index (χ4n) is 4.64. The number of fused-ring (bicyclic) bond motifs is 2. The highest BCUT2D eigenvalue weighted by Gasteiger charge is 2.42. The van der Waals surface area contributed by atoms with E-state index in [0.717, 1.165) is 11.1 Å². The van der Waals surface area contributed by atoms with E-state index in [1.807, 2.05) is 75.4 Å². The highest BCUT2D eigenvalue weighted by Crippen LogP contribution is 2.40. The number of hydrogen-bond acceptors (Lipinski definition) is 5. The molecule has 1 amide bonds. The Hall–Kier alpha value is -3.61. The minimum Gasteiger partial charge on any atom is -0.457 e. The van der Waals surface area contributed by atoms with E-state index in [2.05, 4.69) is 0 Å². The van der Waals surface area contributed by atoms with E-state index >= 15 is 0 Å². The van der Waals surface area contributed by atoms with Gasteiger partial charge in [-0.25, -0.2) is 0 Å². The Morgan fingerprint density at radius 1 is 1.00 bits per heavy atom. The molecule has 1 unspecified atom stereocenters. The van der Waals surface area contributed by atoms with Crippen molar-refractivity contribution >= 4 is 28.5 Å². The van der Waals surface area contributed by atoms with Gasteiger partial charge in [0, 0.05) is 18.2 Å². The zero-order chi connectivity index (χ0) is 26.1. The first-order valence-electron chi connectivity index (χ1n) is 12.4. The maximum absolute atomic E-state index is 13.8. The third-order valence-corrected chi connectivity index (χ3v) is 6.80. The maximum atomic E-state index is 13.8. The number of nitrogens with zero attached hydrogens (tertiary/aromatic N) is 1. The molecule has 3 aromatic carbocycles. The van der Waals surface area contributed by atoms with Gasteiger partial charge in [-0.3, -0.25) is 9.59 Å². The second kappa shape index (κ2) is 10.4. The first kappa shape index (κ1) is 25.1. The Kier molecular flexibility index (Phi) is 7.04. The first-order valence-corrected chi connectivity index (χ1v) is 12.7. The number of ether oxygens (including phenoxy) is 2. The quantitative estimate of drug-likeness (QED) is 0.238. The third-order valence-electron chi connectivity index (χ3n) is 6.39. The van der Waals surface area contributed by atoms with E-state index in [1.54, 1.807) is 17.0 Å². The molecule has 0 saturated heterocycles. The summed E-state index contributed by atoms with van der Waals surface area (Å²) < 4.78 is 17.8. The largest absolute Gasteiger partial charge is 0.457 e. The summed E-state index contributed by atoms with van der Waals surface area (Å²) in [7, 11) is 0. The van der Waals surface area contributed by atoms with Gasteiger partial charge in [-0.2, -0.15) is 0 Å². The number of carbonyl (C=O) groups excluding carboxylic acids is 1. The lowest BCUT2D eigenvalue weighted by molar-refractivity contribution is 0.0593. The number of carbonyl (C=O) groups is 1. The van der Waals surface area contributed by atoms with Crippen molar-refractivity contribution in [2.24, 2.45) is 0 Å². The topological polar surface area (TPSA) is 69.0 Å². The van der Waals surface area contributed by atoms with Crippen LogP contribution in [0.3, 0.4) is 0 Å². The molecule has 0 bridgehead atoms. The van der Waals surface area contributed by atoms with Crippen molar-refractivity contribution in [1.82, 2.24) is 4.90 Å². The lowest BCUT2D eigenvalue weighted by Gasteiger charge is -2.25. The molecule has 0 spiro atoms. The molecule has 5 rings (SSSR count). The van der Waals surface area contributed by atoms with Gasteiger partial charge in [-0.1, -0.05) is 41.9 Å². The van der Waals surface area contributed by atoms with Crippen LogP contribution >= 0.6 is 11.6 Å². The summed E-state index contributed by atoms with van der Waals surface area (Å²) in [5.41, 5.74) is 1.94. The van der Waals surface area contributed by atoms with E-state index in [-0.39, 0.29) is 23.2 Å². The van der Waals surface area contributed by atoms with Gasteiger partial charge in [-0.15, -0.1) is 0 Å². The number of rotatable bonds is 8. The van der Waals surface area contributed by atoms with Crippen LogP contribution < -0.4 is 10.2 Å². The molecule has 0 radical (unpaired) electrons. The van der Waals surface area contributed by atoms with Crippen LogP contribution in [0.25, 0.3) is 11.0 Å². The van der Waals surface area contributed by atoms with E-state index in [0.29, 0.717) is 52.6 Å². The SMILES string of the molecule is Cc1cc2oc3c(c(=O)c2cc1Cl)C(c1cccc(Oc2ccccc2)c1)N(CCCOC(C)C)C3=O. The molecule has 4 aromatic rings. The molecule has 0 fully saturated rings. The number of hydrogen-bond donors (Lipinski definition) is 0. The molecule has 7 heteroatoms. The van der Waals surface area contributed by atoms with Crippen molar-refractivity contribution in [2.75, 3.05) is 13.2 Å². The predicted molar refractivity (Wildman–Crippen MR) is 144 cm³/mol. The molecule has 1 atom stereocenters. The zero-order valence-electron chi connectivity index (χ0n) is 21.0. The molecule has 0 N–H and O–H groups in total. The summed E-state index contributed by atoms with van der Waals surface area (Å²) in [5, 5.41) is 0.829. The monoisotopic (exact) mass is 517 g/mol. The normalized spacial score (nSPS) is 15.0. The number of halogens is 1. The average Bonchev–Trinajstić information content (AvgIpc) is 3.15. The highest BCUT2D eigenvalue weighted by molar-refractivity contribution is 6.32. The van der Waals surface area contributed by atoms with Gasteiger partial charge < -0.3 is 18.8 Å². The molecule has 1 aliphatic rings. The number of benzene rings is 3. The summed E-state index contributed by atoms with van der Waals surface area (Å²) in [6.45, 7) is 6.68. The Morgan fingerprint density at radius 2 is 1.76 bits per heavy atom. The summed E-state index contributed by atoms with van der Waals surface area (Å²) in [6, 6.07) is 19.6. The molecule has 190 valence electrons. The number of aryl methyl sites for hydroxylation is 1. The summed E-state index contributed by atoms with van der Waals surface area (Å²) in [4.78, 5) is 29.1. The standard InChI is InChI=1S/C30H28ClNO5/c1-18(2)35-14-8-13-32-27(20-9-7-12-22(16-20)36-21-10-5-4-6-11-21)26-28(33)23-17-24(31)19(3)15-25(23)37-29(26)30(32)34/h4-7,9-12,15-18,27H,8,13-14H2,1-3H3. The van der Waals surface area contributed by atoms with Crippen molar-refractivity contribution in [3.63, 3.8) is 0 Å². The highest BCUT2D eigenvalue weighted by atomic mass is 35.5. The maximum Gasteiger partial charge on any atom is 0.290 e. The van der Waals surface area contributed by atoms with E-state index in [1.165, 1.54) is 0 Å². The lowest BCUT2D eigenvalue weighted by atomic mass is 9.98. The molecule has 2 heterocycles. The Balaban J connectivity index is 1.59. The van der Waals surface area contributed by atoms with Gasteiger partial charge in [0.2, 0.25) is 5.76 Å². The van der Waals surface area contributed by atoms with Crippen LogP contribution in [-0.4, -0.2) is 30.1 Å². The predicted octanol–water partition coefficient (Wildman–Crippen LogP) is 6.91. The smallest absolute Gasteiger partial charge is 0.290 e. The van der Waals surface area contributed by atoms with Crippen molar-refractivity contribution in [2.45, 2.75) is 39.3 Å². The molecule has 0 aliphatic carbocycles. The van der Waals surface area contributed by atoms with Crippen molar-refractivity contribution in [1.29, 1.82) is 0 Å². The number of amides is 1. The van der Waals surface area contributed by atoms with Crippen LogP contribution in [0.15, 0.2) is 75.9 Å². The van der Waals surface area contributed by atoms with Crippen LogP contribution in [0.5, 0.6) is 11.5 Å². The molecule has 6 nitrogen and oxygen atoms in total. The fraction of sp³-hybridized carbons (Fsp3) is 0.267. The second-order valence-electron chi connectivity index (χ2n) is 9.43. The lowest BCUT2D eigenvalue weighted by Crippen LogP contribution is -2.31.